The fourth-order valence-corrected chi connectivity index (χ4v) is 3.82. The highest BCUT2D eigenvalue weighted by Crippen LogP contribution is 2.23. The molecule has 120 valence electrons. The number of carbonyl (C=O) groups excluding carboxylic acids is 2. The predicted octanol–water partition coefficient (Wildman–Crippen LogP) is 4.56. The van der Waals surface area contributed by atoms with Crippen molar-refractivity contribution in [1.29, 1.82) is 0 Å². The van der Waals surface area contributed by atoms with E-state index in [2.05, 4.69) is 74.4 Å². The summed E-state index contributed by atoms with van der Waals surface area (Å²) in [4.78, 5) is 23.2. The van der Waals surface area contributed by atoms with Crippen molar-refractivity contribution >= 4 is 79.7 Å². The van der Waals surface area contributed by atoms with Crippen molar-refractivity contribution in [2.45, 2.75) is 19.8 Å². The maximum atomic E-state index is 12.1. The van der Waals surface area contributed by atoms with Gasteiger partial charge in [0.25, 0.3) is 0 Å². The Morgan fingerprint density at radius 3 is 2.27 bits per heavy atom. The molecule has 1 rings (SSSR count). The summed E-state index contributed by atoms with van der Waals surface area (Å²) in [7, 11) is 0. The van der Waals surface area contributed by atoms with Crippen molar-refractivity contribution in [2.24, 2.45) is 0 Å². The van der Waals surface area contributed by atoms with Crippen LogP contribution in [-0.4, -0.2) is 25.2 Å². The van der Waals surface area contributed by atoms with E-state index in [4.69, 9.17) is 9.47 Å². The highest BCUT2D eigenvalue weighted by Gasteiger charge is 2.14. The Hall–Kier alpha value is 0.0900. The minimum Gasteiger partial charge on any atom is -0.462 e. The molecule has 0 saturated heterocycles. The van der Waals surface area contributed by atoms with Gasteiger partial charge in [-0.1, -0.05) is 6.58 Å². The topological polar surface area (TPSA) is 52.6 Å². The summed E-state index contributed by atoms with van der Waals surface area (Å²) in [6.07, 6.45) is 1.29. The van der Waals surface area contributed by atoms with Crippen LogP contribution in [0.15, 0.2) is 24.3 Å². The van der Waals surface area contributed by atoms with E-state index < -0.39 is 0 Å². The molecule has 22 heavy (non-hydrogen) atoms. The minimum atomic E-state index is -0.389. The normalized spacial score (nSPS) is 10.2. The van der Waals surface area contributed by atoms with E-state index in [1.54, 1.807) is 6.92 Å². The van der Waals surface area contributed by atoms with Gasteiger partial charge in [0.15, 0.2) is 0 Å². The van der Waals surface area contributed by atoms with Crippen LogP contribution in [0.4, 0.5) is 0 Å². The Labute approximate surface area is 170 Å². The summed E-state index contributed by atoms with van der Waals surface area (Å²) in [6, 6.07) is 3.83. The van der Waals surface area contributed by atoms with Gasteiger partial charge >= 0.3 is 11.9 Å². The van der Waals surface area contributed by atoms with E-state index in [1.165, 1.54) is 0 Å². The van der Waals surface area contributed by atoms with Crippen LogP contribution in [0.25, 0.3) is 0 Å². The van der Waals surface area contributed by atoms with Crippen LogP contribution in [0, 0.1) is 10.7 Å². The smallest absolute Gasteiger partial charge is 0.339 e. The second-order valence-corrected chi connectivity index (χ2v) is 8.00. The quantitative estimate of drug-likeness (QED) is 0.144. The zero-order chi connectivity index (χ0) is 16.7. The van der Waals surface area contributed by atoms with Gasteiger partial charge in [0, 0.05) is 16.3 Å². The lowest BCUT2D eigenvalue weighted by Gasteiger charge is -2.09. The Morgan fingerprint density at radius 2 is 1.68 bits per heavy atom. The first-order valence-corrected chi connectivity index (χ1v) is 9.71. The van der Waals surface area contributed by atoms with Crippen molar-refractivity contribution in [1.82, 2.24) is 0 Å². The number of halogens is 3. The van der Waals surface area contributed by atoms with Gasteiger partial charge < -0.3 is 9.47 Å². The van der Waals surface area contributed by atoms with Crippen LogP contribution in [0.3, 0.4) is 0 Å². The van der Waals surface area contributed by atoms with Gasteiger partial charge in [0.1, 0.15) is 0 Å². The average Bonchev–Trinajstić information content (AvgIpc) is 2.45. The van der Waals surface area contributed by atoms with Crippen LogP contribution in [0.5, 0.6) is 0 Å². The molecule has 7 heteroatoms. The van der Waals surface area contributed by atoms with E-state index in [9.17, 15) is 9.59 Å². The molecular weight excluding hydrogens is 625 g/mol. The fourth-order valence-electron chi connectivity index (χ4n) is 1.44. The molecule has 0 radical (unpaired) electrons. The van der Waals surface area contributed by atoms with Gasteiger partial charge in [-0.2, -0.15) is 0 Å². The molecule has 0 N–H and O–H groups in total. The summed E-state index contributed by atoms with van der Waals surface area (Å²) in [5, 5.41) is 0. The predicted molar refractivity (Wildman–Crippen MR) is 110 cm³/mol. The highest BCUT2D eigenvalue weighted by molar-refractivity contribution is 14.1. The first-order valence-electron chi connectivity index (χ1n) is 6.47. The Balaban J connectivity index is 2.36. The number of hydrogen-bond acceptors (Lipinski definition) is 4. The number of benzene rings is 1. The SMILES string of the molecule is C=C(C)C(=O)OCCCCOC(=O)c1cc(I)cc(I)c1I. The van der Waals surface area contributed by atoms with Gasteiger partial charge in [-0.3, -0.25) is 0 Å². The third-order valence-corrected chi connectivity index (χ3v) is 6.23. The van der Waals surface area contributed by atoms with E-state index in [0.29, 0.717) is 37.2 Å². The second kappa shape index (κ2) is 10.1. The number of carbonyl (C=O) groups is 2. The van der Waals surface area contributed by atoms with Crippen molar-refractivity contribution in [3.63, 3.8) is 0 Å². The molecule has 0 aliphatic heterocycles. The molecule has 0 spiro atoms. The molecule has 0 aromatic heterocycles. The van der Waals surface area contributed by atoms with Crippen molar-refractivity contribution in [2.75, 3.05) is 13.2 Å². The van der Waals surface area contributed by atoms with E-state index >= 15 is 0 Å². The Morgan fingerprint density at radius 1 is 1.09 bits per heavy atom. The molecule has 0 fully saturated rings. The van der Waals surface area contributed by atoms with E-state index in [0.717, 1.165) is 10.7 Å². The van der Waals surface area contributed by atoms with Gasteiger partial charge in [-0.25, -0.2) is 9.59 Å². The molecule has 0 aliphatic rings. The zero-order valence-electron chi connectivity index (χ0n) is 12.0. The number of hydrogen-bond donors (Lipinski definition) is 0. The summed E-state index contributed by atoms with van der Waals surface area (Å²) in [5.41, 5.74) is 0.972. The van der Waals surface area contributed by atoms with E-state index in [-0.39, 0.29) is 11.9 Å². The molecule has 1 aromatic carbocycles. The molecule has 0 saturated carbocycles. The monoisotopic (exact) mass is 640 g/mol. The standard InChI is InChI=1S/C15H15I3O4/c1-9(2)14(19)21-5-3-4-6-22-15(20)11-7-10(16)8-12(17)13(11)18/h7-8H,1,3-6H2,2H3. The fraction of sp³-hybridized carbons (Fsp3) is 0.333. The lowest BCUT2D eigenvalue weighted by molar-refractivity contribution is -0.139. The molecule has 0 atom stereocenters. The van der Waals surface area contributed by atoms with Crippen LogP contribution < -0.4 is 0 Å². The maximum Gasteiger partial charge on any atom is 0.339 e. The molecular formula is C15H15I3O4. The molecule has 0 unspecified atom stereocenters. The van der Waals surface area contributed by atoms with E-state index in [1.807, 2.05) is 12.1 Å². The molecule has 0 bridgehead atoms. The van der Waals surface area contributed by atoms with Gasteiger partial charge in [0.2, 0.25) is 0 Å². The first kappa shape index (κ1) is 20.1. The van der Waals surface area contributed by atoms with Crippen molar-refractivity contribution in [3.8, 4) is 0 Å². The second-order valence-electron chi connectivity index (χ2n) is 4.51. The summed E-state index contributed by atoms with van der Waals surface area (Å²) in [5.74, 6) is -0.709. The Bertz CT molecular complexity index is 584. The van der Waals surface area contributed by atoms with Crippen LogP contribution in [0.2, 0.25) is 0 Å². The van der Waals surface area contributed by atoms with Gasteiger partial charge in [0.05, 0.1) is 18.8 Å². The van der Waals surface area contributed by atoms with Gasteiger partial charge in [-0.05, 0) is 99.7 Å². The number of rotatable bonds is 7. The largest absolute Gasteiger partial charge is 0.462 e. The summed E-state index contributed by atoms with van der Waals surface area (Å²) < 4.78 is 13.2. The zero-order valence-corrected chi connectivity index (χ0v) is 18.4. The highest BCUT2D eigenvalue weighted by atomic mass is 127. The minimum absolute atomic E-state index is 0.307. The summed E-state index contributed by atoms with van der Waals surface area (Å²) >= 11 is 6.52. The van der Waals surface area contributed by atoms with Gasteiger partial charge in [-0.15, -0.1) is 0 Å². The first-order chi connectivity index (χ1) is 10.3. The van der Waals surface area contributed by atoms with Crippen molar-refractivity contribution in [3.05, 3.63) is 40.6 Å². The molecule has 1 aromatic rings. The third kappa shape index (κ3) is 6.69. The Kier molecular flexibility index (Phi) is 9.21. The lowest BCUT2D eigenvalue weighted by Crippen LogP contribution is -2.11. The molecule has 0 amide bonds. The summed E-state index contributed by atoms with van der Waals surface area (Å²) in [6.45, 7) is 5.72. The third-order valence-electron chi connectivity index (χ3n) is 2.57. The molecule has 0 heterocycles. The number of unbranched alkanes of at least 4 members (excludes halogenated alkanes) is 1. The molecule has 4 nitrogen and oxygen atoms in total. The average molecular weight is 640 g/mol. The van der Waals surface area contributed by atoms with Crippen LogP contribution in [-0.2, 0) is 14.3 Å². The maximum absolute atomic E-state index is 12.1. The van der Waals surface area contributed by atoms with Crippen LogP contribution in [0.1, 0.15) is 30.1 Å². The van der Waals surface area contributed by atoms with Crippen molar-refractivity contribution < 1.29 is 19.1 Å². The molecule has 0 aliphatic carbocycles. The number of ether oxygens (including phenoxy) is 2. The lowest BCUT2D eigenvalue weighted by atomic mass is 10.2. The van der Waals surface area contributed by atoms with Crippen LogP contribution >= 0.6 is 67.8 Å². The number of esters is 2.